The van der Waals surface area contributed by atoms with Crippen molar-refractivity contribution in [3.05, 3.63) is 22.4 Å². The number of aliphatic imine (C=N–C) groups is 1. The monoisotopic (exact) mass is 421 g/mol. The zero-order valence-electron chi connectivity index (χ0n) is 18.4. The largest absolute Gasteiger partial charge is 0.376 e. The van der Waals surface area contributed by atoms with Crippen molar-refractivity contribution < 1.29 is 4.74 Å². The van der Waals surface area contributed by atoms with E-state index in [2.05, 4.69) is 56.8 Å². The van der Waals surface area contributed by atoms with Gasteiger partial charge in [-0.2, -0.15) is 0 Å². The fourth-order valence-electron chi connectivity index (χ4n) is 4.41. The van der Waals surface area contributed by atoms with Gasteiger partial charge in [0.2, 0.25) is 0 Å². The first kappa shape index (κ1) is 22.5. The molecule has 0 spiro atoms. The second kappa shape index (κ2) is 11.9. The van der Waals surface area contributed by atoms with Crippen molar-refractivity contribution in [2.75, 3.05) is 52.9 Å². The van der Waals surface area contributed by atoms with Gasteiger partial charge in [-0.3, -0.25) is 9.89 Å². The number of piperidine rings is 1. The van der Waals surface area contributed by atoms with Crippen LogP contribution >= 0.6 is 11.3 Å². The normalized spacial score (nSPS) is 25.7. The van der Waals surface area contributed by atoms with E-state index in [0.717, 1.165) is 51.2 Å². The molecule has 2 aliphatic rings. The minimum absolute atomic E-state index is 0.292. The van der Waals surface area contributed by atoms with Gasteiger partial charge in [0.05, 0.1) is 18.8 Å². The average molecular weight is 422 g/mol. The number of morpholine rings is 1. The van der Waals surface area contributed by atoms with Crippen LogP contribution in [0.15, 0.2) is 22.5 Å². The molecule has 0 aliphatic carbocycles. The smallest absolute Gasteiger partial charge is 0.191 e. The molecule has 3 atom stereocenters. The third-order valence-electron chi connectivity index (χ3n) is 6.13. The Morgan fingerprint density at radius 3 is 2.93 bits per heavy atom. The quantitative estimate of drug-likeness (QED) is 0.384. The molecule has 1 aromatic heterocycles. The van der Waals surface area contributed by atoms with Crippen LogP contribution in [0.1, 0.15) is 50.4 Å². The molecule has 3 unspecified atom stereocenters. The van der Waals surface area contributed by atoms with Crippen molar-refractivity contribution in [2.45, 2.75) is 57.7 Å². The van der Waals surface area contributed by atoms with Crippen molar-refractivity contribution in [3.8, 4) is 0 Å². The van der Waals surface area contributed by atoms with E-state index in [1.807, 2.05) is 18.4 Å². The Morgan fingerprint density at radius 1 is 1.31 bits per heavy atom. The van der Waals surface area contributed by atoms with Crippen LogP contribution in [-0.2, 0) is 4.74 Å². The number of thiophene rings is 1. The summed E-state index contributed by atoms with van der Waals surface area (Å²) in [6.07, 6.45) is 5.53. The van der Waals surface area contributed by atoms with Crippen LogP contribution < -0.4 is 10.6 Å². The molecule has 0 radical (unpaired) electrons. The number of nitrogens with zero attached hydrogens (tertiary/aromatic N) is 3. The number of hydrogen-bond acceptors (Lipinski definition) is 5. The Labute approximate surface area is 180 Å². The predicted molar refractivity (Wildman–Crippen MR) is 123 cm³/mol. The first-order valence-corrected chi connectivity index (χ1v) is 12.1. The molecule has 0 amide bonds. The standard InChI is InChI=1S/C22H39N5OS/c1-18-8-4-5-11-26(18)12-7-10-24-22(23-3)25-16-20(21-9-6-15-29-21)27-13-14-28-19(2)17-27/h6,9,15,18-20H,4-5,7-8,10-14,16-17H2,1-3H3,(H2,23,24,25). The van der Waals surface area contributed by atoms with Gasteiger partial charge in [0.15, 0.2) is 5.96 Å². The fraction of sp³-hybridized carbons (Fsp3) is 0.773. The lowest BCUT2D eigenvalue weighted by Crippen LogP contribution is -2.48. The lowest BCUT2D eigenvalue weighted by atomic mass is 10.0. The zero-order valence-corrected chi connectivity index (χ0v) is 19.2. The maximum absolute atomic E-state index is 5.75. The van der Waals surface area contributed by atoms with Gasteiger partial charge in [0.1, 0.15) is 0 Å². The first-order valence-electron chi connectivity index (χ1n) is 11.2. The number of ether oxygens (including phenoxy) is 1. The number of hydrogen-bond donors (Lipinski definition) is 2. The summed E-state index contributed by atoms with van der Waals surface area (Å²) < 4.78 is 5.75. The van der Waals surface area contributed by atoms with E-state index in [9.17, 15) is 0 Å². The Hall–Kier alpha value is -1.15. The van der Waals surface area contributed by atoms with Gasteiger partial charge in [-0.1, -0.05) is 12.5 Å². The Balaban J connectivity index is 1.44. The van der Waals surface area contributed by atoms with E-state index in [-0.39, 0.29) is 0 Å². The maximum Gasteiger partial charge on any atom is 0.191 e. The van der Waals surface area contributed by atoms with E-state index >= 15 is 0 Å². The van der Waals surface area contributed by atoms with Gasteiger partial charge in [0, 0.05) is 50.7 Å². The third kappa shape index (κ3) is 6.95. The molecule has 2 N–H and O–H groups in total. The number of likely N-dealkylation sites (tertiary alicyclic amines) is 1. The van der Waals surface area contributed by atoms with Crippen molar-refractivity contribution in [1.29, 1.82) is 0 Å². The minimum Gasteiger partial charge on any atom is -0.376 e. The molecule has 0 bridgehead atoms. The summed E-state index contributed by atoms with van der Waals surface area (Å²) in [7, 11) is 1.86. The molecular weight excluding hydrogens is 382 g/mol. The highest BCUT2D eigenvalue weighted by Gasteiger charge is 2.26. The van der Waals surface area contributed by atoms with Crippen molar-refractivity contribution in [3.63, 3.8) is 0 Å². The Kier molecular flexibility index (Phi) is 9.24. The lowest BCUT2D eigenvalue weighted by Gasteiger charge is -2.37. The molecule has 1 aromatic rings. The molecule has 164 valence electrons. The second-order valence-electron chi connectivity index (χ2n) is 8.32. The van der Waals surface area contributed by atoms with Gasteiger partial charge in [-0.15, -0.1) is 11.3 Å². The molecule has 7 heteroatoms. The minimum atomic E-state index is 0.292. The molecule has 0 saturated carbocycles. The second-order valence-corrected chi connectivity index (χ2v) is 9.30. The van der Waals surface area contributed by atoms with Crippen molar-refractivity contribution >= 4 is 17.3 Å². The molecule has 0 aromatic carbocycles. The van der Waals surface area contributed by atoms with Gasteiger partial charge < -0.3 is 20.3 Å². The molecule has 2 saturated heterocycles. The Morgan fingerprint density at radius 2 is 2.21 bits per heavy atom. The van der Waals surface area contributed by atoms with E-state index < -0.39 is 0 Å². The van der Waals surface area contributed by atoms with Gasteiger partial charge in [0.25, 0.3) is 0 Å². The van der Waals surface area contributed by atoms with Crippen LogP contribution in [0.25, 0.3) is 0 Å². The number of nitrogens with one attached hydrogen (secondary N) is 2. The summed E-state index contributed by atoms with van der Waals surface area (Å²) in [5.41, 5.74) is 0. The topological polar surface area (TPSA) is 52.1 Å². The zero-order chi connectivity index (χ0) is 20.5. The molecule has 3 rings (SSSR count). The van der Waals surface area contributed by atoms with E-state index in [1.165, 1.54) is 37.2 Å². The van der Waals surface area contributed by atoms with Crippen LogP contribution in [0.2, 0.25) is 0 Å². The fourth-order valence-corrected chi connectivity index (χ4v) is 5.27. The van der Waals surface area contributed by atoms with E-state index in [1.54, 1.807) is 0 Å². The molecule has 3 heterocycles. The highest BCUT2D eigenvalue weighted by atomic mass is 32.1. The van der Waals surface area contributed by atoms with Gasteiger partial charge in [-0.25, -0.2) is 0 Å². The van der Waals surface area contributed by atoms with Crippen LogP contribution in [0.5, 0.6) is 0 Å². The third-order valence-corrected chi connectivity index (χ3v) is 7.10. The van der Waals surface area contributed by atoms with Crippen LogP contribution in [0, 0.1) is 0 Å². The van der Waals surface area contributed by atoms with Crippen LogP contribution in [0.4, 0.5) is 0 Å². The molecular formula is C22H39N5OS. The lowest BCUT2D eigenvalue weighted by molar-refractivity contribution is -0.0334. The molecule has 2 fully saturated rings. The summed E-state index contributed by atoms with van der Waals surface area (Å²) in [6, 6.07) is 5.48. The first-order chi connectivity index (χ1) is 14.2. The highest BCUT2D eigenvalue weighted by Crippen LogP contribution is 2.26. The van der Waals surface area contributed by atoms with Crippen molar-refractivity contribution in [2.24, 2.45) is 4.99 Å². The summed E-state index contributed by atoms with van der Waals surface area (Å²) >= 11 is 1.83. The van der Waals surface area contributed by atoms with Crippen LogP contribution in [0.3, 0.4) is 0 Å². The average Bonchev–Trinajstić information content (AvgIpc) is 3.25. The molecule has 6 nitrogen and oxygen atoms in total. The predicted octanol–water partition coefficient (Wildman–Crippen LogP) is 2.94. The van der Waals surface area contributed by atoms with Crippen LogP contribution in [-0.4, -0.2) is 80.8 Å². The van der Waals surface area contributed by atoms with Gasteiger partial charge >= 0.3 is 0 Å². The number of guanidine groups is 1. The van der Waals surface area contributed by atoms with E-state index in [0.29, 0.717) is 12.1 Å². The molecule has 2 aliphatic heterocycles. The van der Waals surface area contributed by atoms with Crippen molar-refractivity contribution in [1.82, 2.24) is 20.4 Å². The van der Waals surface area contributed by atoms with E-state index in [4.69, 9.17) is 4.74 Å². The summed E-state index contributed by atoms with van der Waals surface area (Å²) in [4.78, 5) is 11.0. The summed E-state index contributed by atoms with van der Waals surface area (Å²) in [5.74, 6) is 0.902. The van der Waals surface area contributed by atoms with Gasteiger partial charge in [-0.05, 0) is 51.1 Å². The highest BCUT2D eigenvalue weighted by molar-refractivity contribution is 7.10. The summed E-state index contributed by atoms with van der Waals surface area (Å²) in [6.45, 7) is 11.5. The SMILES string of the molecule is CN=C(NCCCN1CCCCC1C)NCC(c1cccs1)N1CCOC(C)C1. The Bertz CT molecular complexity index is 608. The summed E-state index contributed by atoms with van der Waals surface area (Å²) in [5, 5.41) is 9.24. The maximum atomic E-state index is 5.75. The molecule has 29 heavy (non-hydrogen) atoms. The number of rotatable bonds is 8.